The second kappa shape index (κ2) is 10.7. The lowest BCUT2D eigenvalue weighted by Crippen LogP contribution is -2.32. The highest BCUT2D eigenvalue weighted by Crippen LogP contribution is 1.85. The molecule has 18 heavy (non-hydrogen) atoms. The summed E-state index contributed by atoms with van der Waals surface area (Å²) in [6.45, 7) is 7.09. The van der Waals surface area contributed by atoms with Crippen LogP contribution in [0.5, 0.6) is 0 Å². The molecule has 0 aliphatic carbocycles. The number of carbonyl (C=O) groups excluding carboxylic acids is 2. The van der Waals surface area contributed by atoms with E-state index in [4.69, 9.17) is 9.47 Å². The largest absolute Gasteiger partial charge is 0.382 e. The van der Waals surface area contributed by atoms with Gasteiger partial charge in [-0.25, -0.2) is 0 Å². The minimum Gasteiger partial charge on any atom is -0.382 e. The smallest absolute Gasteiger partial charge is 0.246 e. The van der Waals surface area contributed by atoms with Gasteiger partial charge < -0.3 is 20.1 Å². The number of amides is 2. The molecule has 0 aliphatic heterocycles. The minimum absolute atomic E-state index is 0.0293. The lowest BCUT2D eigenvalue weighted by atomic mass is 10.3. The van der Waals surface area contributed by atoms with Crippen LogP contribution >= 0.6 is 0 Å². The molecular weight excluding hydrogens is 236 g/mol. The van der Waals surface area contributed by atoms with Crippen molar-refractivity contribution in [1.82, 2.24) is 10.6 Å². The van der Waals surface area contributed by atoms with Gasteiger partial charge in [0, 0.05) is 25.8 Å². The Kier molecular flexibility index (Phi) is 9.90. The van der Waals surface area contributed by atoms with Crippen molar-refractivity contribution >= 4 is 11.8 Å². The monoisotopic (exact) mass is 258 g/mol. The number of nitrogens with one attached hydrogen (secondary N) is 2. The van der Waals surface area contributed by atoms with E-state index in [1.807, 2.05) is 0 Å². The third kappa shape index (κ3) is 9.80. The van der Waals surface area contributed by atoms with Crippen LogP contribution < -0.4 is 10.6 Å². The summed E-state index contributed by atoms with van der Waals surface area (Å²) in [6, 6.07) is 0. The van der Waals surface area contributed by atoms with Crippen molar-refractivity contribution in [2.24, 2.45) is 0 Å². The Morgan fingerprint density at radius 1 is 1.17 bits per heavy atom. The summed E-state index contributed by atoms with van der Waals surface area (Å²) in [5.74, 6) is -0.332. The number of hydrogen-bond donors (Lipinski definition) is 2. The molecule has 0 saturated heterocycles. The Balaban J connectivity index is 3.35. The summed E-state index contributed by atoms with van der Waals surface area (Å²) >= 11 is 0. The highest BCUT2D eigenvalue weighted by molar-refractivity contribution is 5.92. The predicted molar refractivity (Wildman–Crippen MR) is 68.1 cm³/mol. The SMILES string of the molecule is C=C(C)C(=O)NCCCNC(=O)COCCOC. The molecular formula is C12H22N2O4. The molecule has 0 heterocycles. The molecule has 104 valence electrons. The van der Waals surface area contributed by atoms with Gasteiger partial charge in [-0.05, 0) is 13.3 Å². The average molecular weight is 258 g/mol. The zero-order valence-electron chi connectivity index (χ0n) is 11.1. The lowest BCUT2D eigenvalue weighted by molar-refractivity contribution is -0.126. The van der Waals surface area contributed by atoms with Crippen LogP contribution in [0.4, 0.5) is 0 Å². The first-order valence-corrected chi connectivity index (χ1v) is 5.85. The standard InChI is InChI=1S/C12H22N2O4/c1-10(2)12(16)14-6-4-5-13-11(15)9-18-8-7-17-3/h1,4-9H2,2-3H3,(H,13,15)(H,14,16). The topological polar surface area (TPSA) is 76.7 Å². The maximum Gasteiger partial charge on any atom is 0.246 e. The minimum atomic E-state index is -0.169. The predicted octanol–water partition coefficient (Wildman–Crippen LogP) is -0.152. The van der Waals surface area contributed by atoms with Gasteiger partial charge in [-0.2, -0.15) is 0 Å². The maximum atomic E-state index is 11.2. The Morgan fingerprint density at radius 3 is 2.44 bits per heavy atom. The highest BCUT2D eigenvalue weighted by Gasteiger charge is 2.02. The van der Waals surface area contributed by atoms with Crippen LogP contribution in [0.15, 0.2) is 12.2 Å². The van der Waals surface area contributed by atoms with E-state index in [1.165, 1.54) is 0 Å². The molecule has 0 atom stereocenters. The lowest BCUT2D eigenvalue weighted by Gasteiger charge is -2.07. The molecule has 0 spiro atoms. The molecule has 0 aliphatic rings. The van der Waals surface area contributed by atoms with Crippen molar-refractivity contribution in [3.63, 3.8) is 0 Å². The first-order valence-electron chi connectivity index (χ1n) is 5.85. The number of rotatable bonds is 10. The second-order valence-corrected chi connectivity index (χ2v) is 3.79. The summed E-state index contributed by atoms with van der Waals surface area (Å²) in [5, 5.41) is 5.36. The Morgan fingerprint density at radius 2 is 1.83 bits per heavy atom. The van der Waals surface area contributed by atoms with Gasteiger partial charge in [0.25, 0.3) is 0 Å². The van der Waals surface area contributed by atoms with Crippen molar-refractivity contribution in [1.29, 1.82) is 0 Å². The fourth-order valence-corrected chi connectivity index (χ4v) is 1.03. The van der Waals surface area contributed by atoms with Crippen LogP contribution in [0.25, 0.3) is 0 Å². The summed E-state index contributed by atoms with van der Waals surface area (Å²) in [4.78, 5) is 22.3. The van der Waals surface area contributed by atoms with Gasteiger partial charge in [0.15, 0.2) is 0 Å². The summed E-state index contributed by atoms with van der Waals surface area (Å²) in [7, 11) is 1.57. The fourth-order valence-electron chi connectivity index (χ4n) is 1.03. The van der Waals surface area contributed by atoms with Gasteiger partial charge in [-0.15, -0.1) is 0 Å². The summed E-state index contributed by atoms with van der Waals surface area (Å²) in [5.41, 5.74) is 0.477. The Hall–Kier alpha value is -1.40. The third-order valence-corrected chi connectivity index (χ3v) is 2.01. The van der Waals surface area contributed by atoms with Crippen molar-refractivity contribution in [3.8, 4) is 0 Å². The van der Waals surface area contributed by atoms with E-state index in [2.05, 4.69) is 17.2 Å². The maximum absolute atomic E-state index is 11.2. The molecule has 2 amide bonds. The van der Waals surface area contributed by atoms with Crippen LogP contribution in [0.3, 0.4) is 0 Å². The van der Waals surface area contributed by atoms with Gasteiger partial charge in [-0.3, -0.25) is 9.59 Å². The normalized spacial score (nSPS) is 9.89. The Labute approximate surface area is 108 Å². The zero-order valence-corrected chi connectivity index (χ0v) is 11.1. The molecule has 0 rings (SSSR count). The van der Waals surface area contributed by atoms with Gasteiger partial charge in [0.1, 0.15) is 6.61 Å². The summed E-state index contributed by atoms with van der Waals surface area (Å²) in [6.07, 6.45) is 0.669. The van der Waals surface area contributed by atoms with Crippen molar-refractivity contribution in [2.75, 3.05) is 40.0 Å². The highest BCUT2D eigenvalue weighted by atomic mass is 16.5. The van der Waals surface area contributed by atoms with Crippen LogP contribution in [0, 0.1) is 0 Å². The van der Waals surface area contributed by atoms with E-state index in [1.54, 1.807) is 14.0 Å². The number of ether oxygens (including phenoxy) is 2. The number of hydrogen-bond acceptors (Lipinski definition) is 4. The van der Waals surface area contributed by atoms with E-state index in [0.717, 1.165) is 0 Å². The van der Waals surface area contributed by atoms with Crippen molar-refractivity contribution in [3.05, 3.63) is 12.2 Å². The van der Waals surface area contributed by atoms with E-state index < -0.39 is 0 Å². The molecule has 2 N–H and O–H groups in total. The first-order chi connectivity index (χ1) is 8.57. The van der Waals surface area contributed by atoms with Crippen molar-refractivity contribution in [2.45, 2.75) is 13.3 Å². The zero-order chi connectivity index (χ0) is 13.8. The number of carbonyl (C=O) groups is 2. The molecule has 6 nitrogen and oxygen atoms in total. The molecule has 6 heteroatoms. The van der Waals surface area contributed by atoms with Crippen LogP contribution in [0.2, 0.25) is 0 Å². The average Bonchev–Trinajstić information content (AvgIpc) is 2.33. The van der Waals surface area contributed by atoms with Crippen LogP contribution in [-0.4, -0.2) is 51.8 Å². The first kappa shape index (κ1) is 16.6. The number of methoxy groups -OCH3 is 1. The quantitative estimate of drug-likeness (QED) is 0.422. The molecule has 0 aromatic heterocycles. The molecule has 0 unspecified atom stereocenters. The Bertz CT molecular complexity index is 279. The molecule has 0 radical (unpaired) electrons. The molecule has 0 aromatic carbocycles. The fraction of sp³-hybridized carbons (Fsp3) is 0.667. The van der Waals surface area contributed by atoms with E-state index in [-0.39, 0.29) is 18.4 Å². The van der Waals surface area contributed by atoms with E-state index in [0.29, 0.717) is 38.3 Å². The molecule has 0 aromatic rings. The summed E-state index contributed by atoms with van der Waals surface area (Å²) < 4.78 is 9.82. The van der Waals surface area contributed by atoms with Gasteiger partial charge in [0.05, 0.1) is 13.2 Å². The van der Waals surface area contributed by atoms with Gasteiger partial charge in [0.2, 0.25) is 11.8 Å². The third-order valence-electron chi connectivity index (χ3n) is 2.01. The molecule has 0 bridgehead atoms. The van der Waals surface area contributed by atoms with Gasteiger partial charge >= 0.3 is 0 Å². The van der Waals surface area contributed by atoms with Crippen LogP contribution in [-0.2, 0) is 19.1 Å². The van der Waals surface area contributed by atoms with Gasteiger partial charge in [-0.1, -0.05) is 6.58 Å². The van der Waals surface area contributed by atoms with Crippen LogP contribution in [0.1, 0.15) is 13.3 Å². The molecule has 0 fully saturated rings. The van der Waals surface area contributed by atoms with E-state index in [9.17, 15) is 9.59 Å². The molecule has 0 saturated carbocycles. The second-order valence-electron chi connectivity index (χ2n) is 3.79. The van der Waals surface area contributed by atoms with E-state index >= 15 is 0 Å². The van der Waals surface area contributed by atoms with Crippen molar-refractivity contribution < 1.29 is 19.1 Å².